The molecule has 0 aromatic carbocycles. The lowest BCUT2D eigenvalue weighted by Gasteiger charge is -2.36. The first kappa shape index (κ1) is 12.8. The fourth-order valence-electron chi connectivity index (χ4n) is 2.90. The number of nitrogens with zero attached hydrogens (tertiary/aromatic N) is 1. The third-order valence-electron chi connectivity index (χ3n) is 4.02. The Kier molecular flexibility index (Phi) is 4.40. The molecule has 1 heterocycles. The van der Waals surface area contributed by atoms with Crippen LogP contribution in [0.1, 0.15) is 32.6 Å². The molecular weight excluding hydrogens is 216 g/mol. The van der Waals surface area contributed by atoms with Gasteiger partial charge in [0.15, 0.2) is 0 Å². The molecule has 17 heavy (non-hydrogen) atoms. The van der Waals surface area contributed by atoms with Crippen LogP contribution in [0.15, 0.2) is 0 Å². The van der Waals surface area contributed by atoms with Gasteiger partial charge < -0.3 is 15.0 Å². The summed E-state index contributed by atoms with van der Waals surface area (Å²) in [6.45, 7) is 4.30. The average molecular weight is 240 g/mol. The number of nitrogens with one attached hydrogen (secondary N) is 1. The Morgan fingerprint density at radius 2 is 2.24 bits per heavy atom. The molecule has 1 aliphatic heterocycles. The largest absolute Gasteiger partial charge is 0.378 e. The van der Waals surface area contributed by atoms with Crippen molar-refractivity contribution in [3.63, 3.8) is 0 Å². The zero-order valence-corrected chi connectivity index (χ0v) is 10.9. The Morgan fingerprint density at radius 1 is 1.41 bits per heavy atom. The summed E-state index contributed by atoms with van der Waals surface area (Å²) in [5.41, 5.74) is 0. The quantitative estimate of drug-likeness (QED) is 0.783. The summed E-state index contributed by atoms with van der Waals surface area (Å²) in [6, 6.07) is 0.293. The van der Waals surface area contributed by atoms with E-state index >= 15 is 0 Å². The third kappa shape index (κ3) is 3.19. The Bertz CT molecular complexity index is 264. The maximum Gasteiger partial charge on any atom is 0.242 e. The fraction of sp³-hybridized carbons (Fsp3) is 0.923. The topological polar surface area (TPSA) is 41.6 Å². The third-order valence-corrected chi connectivity index (χ3v) is 4.02. The highest BCUT2D eigenvalue weighted by Gasteiger charge is 2.30. The van der Waals surface area contributed by atoms with Crippen molar-refractivity contribution in [2.45, 2.75) is 44.7 Å². The van der Waals surface area contributed by atoms with Gasteiger partial charge in [-0.2, -0.15) is 0 Å². The van der Waals surface area contributed by atoms with Crippen LogP contribution in [0.4, 0.5) is 0 Å². The molecule has 2 fully saturated rings. The summed E-state index contributed by atoms with van der Waals surface area (Å²) in [4.78, 5) is 14.2. The molecule has 1 aliphatic carbocycles. The molecule has 98 valence electrons. The zero-order valence-electron chi connectivity index (χ0n) is 10.9. The summed E-state index contributed by atoms with van der Waals surface area (Å²) in [5.74, 6) is 0.948. The van der Waals surface area contributed by atoms with E-state index in [-0.39, 0.29) is 11.9 Å². The lowest BCUT2D eigenvalue weighted by atomic mass is 9.86. The standard InChI is InChI=1S/C13H24N2O2/c1-10-4-3-5-11(8-10)15(2)13(16)12-9-17-7-6-14-12/h10-12,14H,3-9H2,1-2H3. The number of carbonyl (C=O) groups is 1. The SMILES string of the molecule is CC1CCCC(N(C)C(=O)C2COCCN2)C1. The first-order valence-electron chi connectivity index (χ1n) is 6.76. The molecule has 0 bridgehead atoms. The van der Waals surface area contributed by atoms with E-state index in [1.54, 1.807) is 0 Å². The Labute approximate surface area is 104 Å². The lowest BCUT2D eigenvalue weighted by Crippen LogP contribution is -2.54. The van der Waals surface area contributed by atoms with E-state index in [1.165, 1.54) is 12.8 Å². The number of morpholine rings is 1. The Hall–Kier alpha value is -0.610. The van der Waals surface area contributed by atoms with Gasteiger partial charge in [-0.25, -0.2) is 0 Å². The van der Waals surface area contributed by atoms with E-state index in [9.17, 15) is 4.79 Å². The molecule has 0 spiro atoms. The number of rotatable bonds is 2. The minimum absolute atomic E-state index is 0.133. The van der Waals surface area contributed by atoms with Gasteiger partial charge in [-0.3, -0.25) is 4.79 Å². The summed E-state index contributed by atoms with van der Waals surface area (Å²) in [7, 11) is 1.95. The van der Waals surface area contributed by atoms with Crippen molar-refractivity contribution in [3.05, 3.63) is 0 Å². The van der Waals surface area contributed by atoms with Crippen molar-refractivity contribution >= 4 is 5.91 Å². The van der Waals surface area contributed by atoms with E-state index in [2.05, 4.69) is 12.2 Å². The average Bonchev–Trinajstić information content (AvgIpc) is 2.38. The van der Waals surface area contributed by atoms with Crippen LogP contribution in [0.3, 0.4) is 0 Å². The summed E-state index contributed by atoms with van der Waals surface area (Å²) >= 11 is 0. The van der Waals surface area contributed by atoms with Crippen LogP contribution < -0.4 is 5.32 Å². The van der Waals surface area contributed by atoms with E-state index in [4.69, 9.17) is 4.74 Å². The van der Waals surface area contributed by atoms with E-state index < -0.39 is 0 Å². The van der Waals surface area contributed by atoms with Crippen LogP contribution in [0.2, 0.25) is 0 Å². The second-order valence-corrected chi connectivity index (χ2v) is 5.46. The smallest absolute Gasteiger partial charge is 0.242 e. The predicted molar refractivity (Wildman–Crippen MR) is 66.8 cm³/mol. The second-order valence-electron chi connectivity index (χ2n) is 5.46. The highest BCUT2D eigenvalue weighted by molar-refractivity contribution is 5.82. The van der Waals surface area contributed by atoms with Gasteiger partial charge in [0.1, 0.15) is 6.04 Å². The van der Waals surface area contributed by atoms with Gasteiger partial charge >= 0.3 is 0 Å². The molecule has 1 saturated carbocycles. The van der Waals surface area contributed by atoms with Crippen molar-refractivity contribution in [2.75, 3.05) is 26.8 Å². The summed E-state index contributed by atoms with van der Waals surface area (Å²) in [5, 5.41) is 3.23. The van der Waals surface area contributed by atoms with Gasteiger partial charge in [0.2, 0.25) is 5.91 Å². The predicted octanol–water partition coefficient (Wildman–Crippen LogP) is 1.01. The van der Waals surface area contributed by atoms with Gasteiger partial charge in [-0.05, 0) is 18.8 Å². The summed E-state index contributed by atoms with van der Waals surface area (Å²) in [6.07, 6.45) is 4.86. The molecule has 3 unspecified atom stereocenters. The van der Waals surface area contributed by atoms with Crippen LogP contribution in [0.25, 0.3) is 0 Å². The van der Waals surface area contributed by atoms with Crippen molar-refractivity contribution < 1.29 is 9.53 Å². The monoisotopic (exact) mass is 240 g/mol. The maximum absolute atomic E-state index is 12.3. The molecule has 4 nitrogen and oxygen atoms in total. The molecule has 1 amide bonds. The lowest BCUT2D eigenvalue weighted by molar-refractivity contribution is -0.138. The molecule has 1 N–H and O–H groups in total. The van der Waals surface area contributed by atoms with Gasteiger partial charge in [0.05, 0.1) is 13.2 Å². The molecule has 0 aromatic rings. The van der Waals surface area contributed by atoms with Crippen LogP contribution in [0.5, 0.6) is 0 Å². The van der Waals surface area contributed by atoms with Crippen LogP contribution in [-0.2, 0) is 9.53 Å². The van der Waals surface area contributed by atoms with E-state index in [0.717, 1.165) is 25.3 Å². The molecule has 3 atom stereocenters. The molecule has 0 radical (unpaired) electrons. The van der Waals surface area contributed by atoms with Crippen LogP contribution in [0, 0.1) is 5.92 Å². The Balaban J connectivity index is 1.89. The van der Waals surface area contributed by atoms with Crippen molar-refractivity contribution in [1.82, 2.24) is 10.2 Å². The molecule has 0 aromatic heterocycles. The van der Waals surface area contributed by atoms with E-state index in [1.807, 2.05) is 11.9 Å². The van der Waals surface area contributed by atoms with Gasteiger partial charge in [0, 0.05) is 19.6 Å². The first-order chi connectivity index (χ1) is 8.18. The van der Waals surface area contributed by atoms with Crippen molar-refractivity contribution in [3.8, 4) is 0 Å². The maximum atomic E-state index is 12.3. The molecule has 1 saturated heterocycles. The normalized spacial score (nSPS) is 34.4. The Morgan fingerprint density at radius 3 is 2.88 bits per heavy atom. The molecule has 2 rings (SSSR count). The van der Waals surface area contributed by atoms with Crippen molar-refractivity contribution in [1.29, 1.82) is 0 Å². The van der Waals surface area contributed by atoms with Crippen LogP contribution >= 0.6 is 0 Å². The zero-order chi connectivity index (χ0) is 12.3. The first-order valence-corrected chi connectivity index (χ1v) is 6.76. The number of amides is 1. The number of hydrogen-bond acceptors (Lipinski definition) is 3. The number of likely N-dealkylation sites (N-methyl/N-ethyl adjacent to an activating group) is 1. The minimum atomic E-state index is -0.133. The van der Waals surface area contributed by atoms with Crippen molar-refractivity contribution in [2.24, 2.45) is 5.92 Å². The second kappa shape index (κ2) is 5.83. The number of ether oxygens (including phenoxy) is 1. The fourth-order valence-corrected chi connectivity index (χ4v) is 2.90. The van der Waals surface area contributed by atoms with Gasteiger partial charge in [-0.15, -0.1) is 0 Å². The number of carbonyl (C=O) groups excluding carboxylic acids is 1. The molecule has 4 heteroatoms. The number of hydrogen-bond donors (Lipinski definition) is 1. The molecule has 2 aliphatic rings. The summed E-state index contributed by atoms with van der Waals surface area (Å²) < 4.78 is 5.35. The minimum Gasteiger partial charge on any atom is -0.378 e. The van der Waals surface area contributed by atoms with Gasteiger partial charge in [0.25, 0.3) is 0 Å². The van der Waals surface area contributed by atoms with Crippen LogP contribution in [-0.4, -0.2) is 49.7 Å². The van der Waals surface area contributed by atoms with E-state index in [0.29, 0.717) is 19.3 Å². The highest BCUT2D eigenvalue weighted by Crippen LogP contribution is 2.27. The van der Waals surface area contributed by atoms with Gasteiger partial charge in [-0.1, -0.05) is 19.8 Å². The molecular formula is C13H24N2O2. The highest BCUT2D eigenvalue weighted by atomic mass is 16.5.